The van der Waals surface area contributed by atoms with Crippen LogP contribution >= 0.6 is 12.2 Å². The lowest BCUT2D eigenvalue weighted by Gasteiger charge is -2.12. The normalized spacial score (nSPS) is 11.3. The molecule has 0 amide bonds. The molecule has 3 aromatic rings. The molecule has 0 aliphatic heterocycles. The summed E-state index contributed by atoms with van der Waals surface area (Å²) in [6.07, 6.45) is -3.96. The molecule has 3 N–H and O–H groups in total. The van der Waals surface area contributed by atoms with Gasteiger partial charge in [-0.2, -0.15) is 13.2 Å². The highest BCUT2D eigenvalue weighted by Crippen LogP contribution is 2.29. The molecule has 0 unspecified atom stereocenters. The summed E-state index contributed by atoms with van der Waals surface area (Å²) in [5.41, 5.74) is 0.787. The average Bonchev–Trinajstić information content (AvgIpc) is 2.67. The molecule has 0 spiro atoms. The van der Waals surface area contributed by atoms with Gasteiger partial charge in [-0.15, -0.1) is 0 Å². The number of hydrogen-bond donors (Lipinski definition) is 3. The minimum atomic E-state index is -4.38. The molecular weight excluding hydrogens is 403 g/mol. The van der Waals surface area contributed by atoms with Crippen molar-refractivity contribution >= 4 is 33.9 Å². The molecule has 0 aliphatic rings. The summed E-state index contributed by atoms with van der Waals surface area (Å²) in [7, 11) is 1.56. The maximum Gasteiger partial charge on any atom is 0.416 e. The summed E-state index contributed by atoms with van der Waals surface area (Å²) < 4.78 is 42.9. The Morgan fingerprint density at radius 3 is 2.52 bits per heavy atom. The highest BCUT2D eigenvalue weighted by Gasteiger charge is 2.29. The minimum absolute atomic E-state index is 0.200. The number of thiocarbonyl (C=S) groups is 1. The fourth-order valence-electron chi connectivity index (χ4n) is 2.77. The van der Waals surface area contributed by atoms with E-state index >= 15 is 0 Å². The van der Waals surface area contributed by atoms with Crippen molar-refractivity contribution in [2.75, 3.05) is 19.0 Å². The molecule has 0 aliphatic carbocycles. The number of aromatic amines is 1. The van der Waals surface area contributed by atoms with Gasteiger partial charge in [-0.3, -0.25) is 4.79 Å². The first kappa shape index (κ1) is 20.7. The van der Waals surface area contributed by atoms with Crippen LogP contribution in [0.3, 0.4) is 0 Å². The Morgan fingerprint density at radius 1 is 1.14 bits per heavy atom. The predicted molar refractivity (Wildman–Crippen MR) is 110 cm³/mol. The predicted octanol–water partition coefficient (Wildman–Crippen LogP) is 4.08. The van der Waals surface area contributed by atoms with Gasteiger partial charge in [-0.05, 0) is 66.5 Å². The Balaban J connectivity index is 1.57. The summed E-state index contributed by atoms with van der Waals surface area (Å²) in [5.74, 6) is 0.655. The number of rotatable bonds is 5. The number of H-pyrrole nitrogens is 1. The quantitative estimate of drug-likeness (QED) is 0.542. The van der Waals surface area contributed by atoms with Crippen molar-refractivity contribution in [1.82, 2.24) is 10.3 Å². The summed E-state index contributed by atoms with van der Waals surface area (Å²) in [6, 6.07) is 11.8. The third kappa shape index (κ3) is 5.26. The molecule has 1 aromatic heterocycles. The van der Waals surface area contributed by atoms with Crippen LogP contribution in [0.1, 0.15) is 11.1 Å². The summed E-state index contributed by atoms with van der Waals surface area (Å²) in [5, 5.41) is 6.90. The van der Waals surface area contributed by atoms with E-state index in [0.29, 0.717) is 35.5 Å². The van der Waals surface area contributed by atoms with E-state index in [4.69, 9.17) is 17.0 Å². The van der Waals surface area contributed by atoms with Crippen LogP contribution in [-0.4, -0.2) is 23.8 Å². The molecule has 5 nitrogen and oxygen atoms in total. The monoisotopic (exact) mass is 421 g/mol. The number of halogens is 3. The Hall–Kier alpha value is -3.07. The van der Waals surface area contributed by atoms with Crippen LogP contribution in [0.5, 0.6) is 5.75 Å². The molecule has 1 heterocycles. The van der Waals surface area contributed by atoms with Gasteiger partial charge in [0.1, 0.15) is 5.75 Å². The first-order chi connectivity index (χ1) is 13.8. The van der Waals surface area contributed by atoms with Gasteiger partial charge in [-0.25, -0.2) is 0 Å². The van der Waals surface area contributed by atoms with E-state index in [2.05, 4.69) is 15.6 Å². The molecule has 152 valence electrons. The van der Waals surface area contributed by atoms with Crippen molar-refractivity contribution in [2.45, 2.75) is 12.6 Å². The van der Waals surface area contributed by atoms with E-state index in [9.17, 15) is 18.0 Å². The average molecular weight is 421 g/mol. The summed E-state index contributed by atoms with van der Waals surface area (Å²) in [4.78, 5) is 15.1. The molecule has 9 heteroatoms. The van der Waals surface area contributed by atoms with E-state index in [1.807, 2.05) is 18.2 Å². The van der Waals surface area contributed by atoms with Crippen molar-refractivity contribution in [3.8, 4) is 5.75 Å². The number of ether oxygens (including phenoxy) is 1. The largest absolute Gasteiger partial charge is 0.497 e. The minimum Gasteiger partial charge on any atom is -0.497 e. The van der Waals surface area contributed by atoms with Crippen LogP contribution in [-0.2, 0) is 12.6 Å². The number of aromatic nitrogens is 1. The zero-order valence-electron chi connectivity index (χ0n) is 15.4. The summed E-state index contributed by atoms with van der Waals surface area (Å²) in [6.45, 7) is 0.386. The molecule has 0 radical (unpaired) electrons. The molecule has 2 aromatic carbocycles. The van der Waals surface area contributed by atoms with Gasteiger partial charge in [-0.1, -0.05) is 0 Å². The van der Waals surface area contributed by atoms with E-state index in [-0.39, 0.29) is 10.7 Å². The van der Waals surface area contributed by atoms with Crippen molar-refractivity contribution in [3.05, 3.63) is 70.0 Å². The molecule has 3 rings (SSSR count). The second kappa shape index (κ2) is 8.52. The molecule has 0 saturated heterocycles. The second-order valence-corrected chi connectivity index (χ2v) is 6.69. The van der Waals surface area contributed by atoms with Crippen LogP contribution in [0.25, 0.3) is 10.9 Å². The van der Waals surface area contributed by atoms with Crippen LogP contribution in [0.15, 0.2) is 53.3 Å². The van der Waals surface area contributed by atoms with E-state index in [1.165, 1.54) is 12.1 Å². The molecule has 29 heavy (non-hydrogen) atoms. The number of benzene rings is 2. The molecule has 0 fully saturated rings. The molecule has 0 bridgehead atoms. The SMILES string of the molecule is COc1ccc2cc(CCNC(=S)Nc3ccc(C(F)(F)F)cc3)c(=O)[nH]c2c1. The van der Waals surface area contributed by atoms with Gasteiger partial charge in [0.2, 0.25) is 0 Å². The van der Waals surface area contributed by atoms with Gasteiger partial charge >= 0.3 is 6.18 Å². The Labute approximate surface area is 169 Å². The number of fused-ring (bicyclic) bond motifs is 1. The number of pyridine rings is 1. The molecule has 0 atom stereocenters. The van der Waals surface area contributed by atoms with Crippen molar-refractivity contribution in [1.29, 1.82) is 0 Å². The van der Waals surface area contributed by atoms with Crippen LogP contribution in [0, 0.1) is 0 Å². The van der Waals surface area contributed by atoms with Crippen LogP contribution in [0.4, 0.5) is 18.9 Å². The van der Waals surface area contributed by atoms with Crippen molar-refractivity contribution in [2.24, 2.45) is 0 Å². The van der Waals surface area contributed by atoms with Crippen LogP contribution < -0.4 is 20.9 Å². The number of methoxy groups -OCH3 is 1. The van der Waals surface area contributed by atoms with E-state index in [0.717, 1.165) is 17.5 Å². The second-order valence-electron chi connectivity index (χ2n) is 6.28. The Kier molecular flexibility index (Phi) is 6.07. The smallest absolute Gasteiger partial charge is 0.416 e. The molecular formula is C20H18F3N3O2S. The first-order valence-electron chi connectivity index (χ1n) is 8.68. The lowest BCUT2D eigenvalue weighted by Crippen LogP contribution is -2.31. The fourth-order valence-corrected chi connectivity index (χ4v) is 2.99. The van der Waals surface area contributed by atoms with E-state index < -0.39 is 11.7 Å². The van der Waals surface area contributed by atoms with Crippen LogP contribution in [0.2, 0.25) is 0 Å². The highest BCUT2D eigenvalue weighted by molar-refractivity contribution is 7.80. The number of anilines is 1. The zero-order chi connectivity index (χ0) is 21.0. The number of alkyl halides is 3. The Bertz CT molecular complexity index is 1080. The standard InChI is InChI=1S/C20H18F3N3O2S/c1-28-16-7-2-12-10-13(18(27)26-17(12)11-16)8-9-24-19(29)25-15-5-3-14(4-6-15)20(21,22)23/h2-7,10-11H,8-9H2,1H3,(H,26,27)(H2,24,25,29). The van der Waals surface area contributed by atoms with Gasteiger partial charge in [0.05, 0.1) is 18.2 Å². The first-order valence-corrected chi connectivity index (χ1v) is 9.09. The van der Waals surface area contributed by atoms with Gasteiger partial charge in [0, 0.05) is 23.9 Å². The summed E-state index contributed by atoms with van der Waals surface area (Å²) >= 11 is 5.15. The maximum absolute atomic E-state index is 12.6. The maximum atomic E-state index is 12.6. The van der Waals surface area contributed by atoms with Gasteiger partial charge in [0.15, 0.2) is 5.11 Å². The third-order valence-electron chi connectivity index (χ3n) is 4.28. The molecule has 0 saturated carbocycles. The van der Waals surface area contributed by atoms with Gasteiger partial charge < -0.3 is 20.4 Å². The van der Waals surface area contributed by atoms with Crippen molar-refractivity contribution < 1.29 is 17.9 Å². The number of nitrogens with one attached hydrogen (secondary N) is 3. The fraction of sp³-hybridized carbons (Fsp3) is 0.200. The van der Waals surface area contributed by atoms with Gasteiger partial charge in [0.25, 0.3) is 5.56 Å². The van der Waals surface area contributed by atoms with Crippen molar-refractivity contribution in [3.63, 3.8) is 0 Å². The lowest BCUT2D eigenvalue weighted by atomic mass is 10.1. The third-order valence-corrected chi connectivity index (χ3v) is 4.53. The van der Waals surface area contributed by atoms with E-state index in [1.54, 1.807) is 13.2 Å². The zero-order valence-corrected chi connectivity index (χ0v) is 16.2. The highest BCUT2D eigenvalue weighted by atomic mass is 32.1. The topological polar surface area (TPSA) is 66.2 Å². The number of hydrogen-bond acceptors (Lipinski definition) is 3. The lowest BCUT2D eigenvalue weighted by molar-refractivity contribution is -0.137. The Morgan fingerprint density at radius 2 is 1.86 bits per heavy atom.